The topological polar surface area (TPSA) is 109 Å². The summed E-state index contributed by atoms with van der Waals surface area (Å²) in [4.78, 5) is 23.9. The van der Waals surface area contributed by atoms with Crippen LogP contribution < -0.4 is 10.6 Å². The SMILES string of the molecule is CCNc1ncc(-c2cncc(C(=O)O)c2)c(NCCOC(C)C)n1. The molecule has 2 heterocycles. The lowest BCUT2D eigenvalue weighted by Crippen LogP contribution is -2.15. The summed E-state index contributed by atoms with van der Waals surface area (Å²) in [6, 6.07) is 1.55. The number of carboxylic acids is 1. The van der Waals surface area contributed by atoms with Crippen LogP contribution in [0, 0.1) is 0 Å². The monoisotopic (exact) mass is 345 g/mol. The van der Waals surface area contributed by atoms with Crippen LogP contribution in [0.1, 0.15) is 31.1 Å². The zero-order valence-corrected chi connectivity index (χ0v) is 14.6. The predicted molar refractivity (Wildman–Crippen MR) is 96.0 cm³/mol. The Morgan fingerprint density at radius 1 is 1.28 bits per heavy atom. The minimum atomic E-state index is -1.03. The molecular formula is C17H23N5O3. The molecule has 8 heteroatoms. The van der Waals surface area contributed by atoms with E-state index in [0.29, 0.717) is 42.6 Å². The second-order valence-electron chi connectivity index (χ2n) is 5.60. The van der Waals surface area contributed by atoms with Crippen molar-refractivity contribution < 1.29 is 14.6 Å². The Morgan fingerprint density at radius 2 is 2.08 bits per heavy atom. The van der Waals surface area contributed by atoms with E-state index in [0.717, 1.165) is 0 Å². The van der Waals surface area contributed by atoms with Crippen molar-refractivity contribution in [1.82, 2.24) is 15.0 Å². The highest BCUT2D eigenvalue weighted by Crippen LogP contribution is 2.26. The molecule has 0 saturated carbocycles. The Bertz CT molecular complexity index is 721. The number of anilines is 2. The Kier molecular flexibility index (Phi) is 6.64. The average molecular weight is 345 g/mol. The molecule has 0 amide bonds. The highest BCUT2D eigenvalue weighted by atomic mass is 16.5. The third kappa shape index (κ3) is 5.39. The van der Waals surface area contributed by atoms with Gasteiger partial charge in [0.15, 0.2) is 0 Å². The van der Waals surface area contributed by atoms with Crippen molar-refractivity contribution in [1.29, 1.82) is 0 Å². The first-order valence-corrected chi connectivity index (χ1v) is 8.16. The lowest BCUT2D eigenvalue weighted by atomic mass is 10.1. The Morgan fingerprint density at radius 3 is 2.76 bits per heavy atom. The first-order valence-electron chi connectivity index (χ1n) is 8.16. The highest BCUT2D eigenvalue weighted by Gasteiger charge is 2.12. The van der Waals surface area contributed by atoms with Crippen LogP contribution in [-0.2, 0) is 4.74 Å². The standard InChI is InChI=1S/C17H23N5O3/c1-4-19-17-21-10-14(12-7-13(16(23)24)9-18-8-12)15(22-17)20-5-6-25-11(2)3/h7-11H,4-6H2,1-3H3,(H,23,24)(H2,19,20,21,22). The van der Waals surface area contributed by atoms with E-state index in [1.54, 1.807) is 18.5 Å². The molecule has 0 fully saturated rings. The van der Waals surface area contributed by atoms with Crippen molar-refractivity contribution in [2.24, 2.45) is 0 Å². The van der Waals surface area contributed by atoms with Gasteiger partial charge in [-0.15, -0.1) is 0 Å². The molecule has 0 aliphatic rings. The summed E-state index contributed by atoms with van der Waals surface area (Å²) >= 11 is 0. The van der Waals surface area contributed by atoms with Crippen LogP contribution in [0.25, 0.3) is 11.1 Å². The molecule has 2 aromatic rings. The van der Waals surface area contributed by atoms with Gasteiger partial charge in [-0.1, -0.05) is 0 Å². The summed E-state index contributed by atoms with van der Waals surface area (Å²) in [6.07, 6.45) is 4.71. The van der Waals surface area contributed by atoms with E-state index in [-0.39, 0.29) is 11.7 Å². The number of aromatic carboxylic acids is 1. The molecule has 2 aromatic heterocycles. The summed E-state index contributed by atoms with van der Waals surface area (Å²) in [5, 5.41) is 15.4. The van der Waals surface area contributed by atoms with Crippen LogP contribution in [0.2, 0.25) is 0 Å². The largest absolute Gasteiger partial charge is 0.478 e. The maximum atomic E-state index is 11.2. The number of aromatic nitrogens is 3. The number of rotatable bonds is 9. The van der Waals surface area contributed by atoms with Gasteiger partial charge in [0.1, 0.15) is 5.82 Å². The highest BCUT2D eigenvalue weighted by molar-refractivity contribution is 5.89. The first kappa shape index (κ1) is 18.6. The number of nitrogens with one attached hydrogen (secondary N) is 2. The van der Waals surface area contributed by atoms with Crippen molar-refractivity contribution in [2.45, 2.75) is 26.9 Å². The van der Waals surface area contributed by atoms with Crippen molar-refractivity contribution in [3.05, 3.63) is 30.2 Å². The molecule has 2 rings (SSSR count). The van der Waals surface area contributed by atoms with E-state index in [1.165, 1.54) is 6.20 Å². The molecule has 25 heavy (non-hydrogen) atoms. The molecule has 0 spiro atoms. The fourth-order valence-electron chi connectivity index (χ4n) is 2.14. The molecule has 134 valence electrons. The van der Waals surface area contributed by atoms with Gasteiger partial charge in [0, 0.05) is 42.8 Å². The van der Waals surface area contributed by atoms with Crippen LogP contribution in [0.5, 0.6) is 0 Å². The van der Waals surface area contributed by atoms with Crippen molar-refractivity contribution in [3.8, 4) is 11.1 Å². The normalized spacial score (nSPS) is 10.7. The number of hydrogen-bond acceptors (Lipinski definition) is 7. The Hall–Kier alpha value is -2.74. The van der Waals surface area contributed by atoms with Gasteiger partial charge in [-0.25, -0.2) is 9.78 Å². The molecule has 0 unspecified atom stereocenters. The van der Waals surface area contributed by atoms with Crippen molar-refractivity contribution in [3.63, 3.8) is 0 Å². The van der Waals surface area contributed by atoms with E-state index in [2.05, 4.69) is 25.6 Å². The van der Waals surface area contributed by atoms with Gasteiger partial charge in [-0.2, -0.15) is 4.98 Å². The van der Waals surface area contributed by atoms with E-state index < -0.39 is 5.97 Å². The molecular weight excluding hydrogens is 322 g/mol. The fraction of sp³-hybridized carbons (Fsp3) is 0.412. The van der Waals surface area contributed by atoms with Crippen LogP contribution in [0.4, 0.5) is 11.8 Å². The lowest BCUT2D eigenvalue weighted by Gasteiger charge is -2.14. The van der Waals surface area contributed by atoms with Crippen LogP contribution >= 0.6 is 0 Å². The van der Waals surface area contributed by atoms with E-state index in [9.17, 15) is 4.79 Å². The van der Waals surface area contributed by atoms with Crippen molar-refractivity contribution in [2.75, 3.05) is 30.3 Å². The quantitative estimate of drug-likeness (QED) is 0.595. The van der Waals surface area contributed by atoms with E-state index in [4.69, 9.17) is 9.84 Å². The summed E-state index contributed by atoms with van der Waals surface area (Å²) in [7, 11) is 0. The molecule has 0 saturated heterocycles. The number of carboxylic acid groups (broad SMARTS) is 1. The zero-order chi connectivity index (χ0) is 18.2. The third-order valence-corrected chi connectivity index (χ3v) is 3.27. The summed E-state index contributed by atoms with van der Waals surface area (Å²) in [5.74, 6) is 0.0721. The molecule has 0 atom stereocenters. The maximum Gasteiger partial charge on any atom is 0.337 e. The maximum absolute atomic E-state index is 11.2. The predicted octanol–water partition coefficient (Wildman–Crippen LogP) is 2.51. The molecule has 0 bridgehead atoms. The van der Waals surface area contributed by atoms with E-state index >= 15 is 0 Å². The van der Waals surface area contributed by atoms with Gasteiger partial charge in [0.2, 0.25) is 5.95 Å². The number of ether oxygens (including phenoxy) is 1. The minimum absolute atomic E-state index is 0.113. The average Bonchev–Trinajstić information content (AvgIpc) is 2.59. The second kappa shape index (κ2) is 8.93. The molecule has 8 nitrogen and oxygen atoms in total. The fourth-order valence-corrected chi connectivity index (χ4v) is 2.14. The van der Waals surface area contributed by atoms with E-state index in [1.807, 2.05) is 20.8 Å². The molecule has 0 aromatic carbocycles. The van der Waals surface area contributed by atoms with Crippen LogP contribution in [0.3, 0.4) is 0 Å². The van der Waals surface area contributed by atoms with Gasteiger partial charge in [0.25, 0.3) is 0 Å². The summed E-state index contributed by atoms with van der Waals surface area (Å²) in [5.41, 5.74) is 1.43. The van der Waals surface area contributed by atoms with Gasteiger partial charge >= 0.3 is 5.97 Å². The van der Waals surface area contributed by atoms with Gasteiger partial charge in [-0.3, -0.25) is 4.98 Å². The molecule has 3 N–H and O–H groups in total. The van der Waals surface area contributed by atoms with Crippen LogP contribution in [0.15, 0.2) is 24.7 Å². The number of carbonyl (C=O) groups is 1. The smallest absolute Gasteiger partial charge is 0.337 e. The number of pyridine rings is 1. The van der Waals surface area contributed by atoms with Crippen molar-refractivity contribution >= 4 is 17.7 Å². The first-order chi connectivity index (χ1) is 12.0. The van der Waals surface area contributed by atoms with Gasteiger partial charge < -0.3 is 20.5 Å². The van der Waals surface area contributed by atoms with Gasteiger partial charge in [0.05, 0.1) is 18.3 Å². The second-order valence-corrected chi connectivity index (χ2v) is 5.60. The van der Waals surface area contributed by atoms with Gasteiger partial charge in [-0.05, 0) is 26.8 Å². The summed E-state index contributed by atoms with van der Waals surface area (Å²) in [6.45, 7) is 7.71. The third-order valence-electron chi connectivity index (χ3n) is 3.27. The Labute approximate surface area is 146 Å². The molecule has 0 aliphatic carbocycles. The zero-order valence-electron chi connectivity index (χ0n) is 14.6. The Balaban J connectivity index is 2.29. The minimum Gasteiger partial charge on any atom is -0.478 e. The number of hydrogen-bond donors (Lipinski definition) is 3. The number of nitrogens with zero attached hydrogens (tertiary/aromatic N) is 3. The lowest BCUT2D eigenvalue weighted by molar-refractivity contribution is 0.0696. The molecule has 0 radical (unpaired) electrons. The van der Waals surface area contributed by atoms with Crippen LogP contribution in [-0.4, -0.2) is 51.8 Å². The summed E-state index contributed by atoms with van der Waals surface area (Å²) < 4.78 is 5.53. The molecule has 0 aliphatic heterocycles.